The molecule has 5 heteroatoms. The predicted molar refractivity (Wildman–Crippen MR) is 52.7 cm³/mol. The van der Waals surface area contributed by atoms with Crippen molar-refractivity contribution in [1.82, 2.24) is 0 Å². The SMILES string of the molecule is Cc1c(N)cc(Cl)c2c1N=C[NH+]2[O-]. The third-order valence-electron chi connectivity index (χ3n) is 2.10. The first-order valence-electron chi connectivity index (χ1n) is 3.78. The van der Waals surface area contributed by atoms with Gasteiger partial charge in [-0.05, 0) is 13.0 Å². The Kier molecular flexibility index (Phi) is 1.76. The highest BCUT2D eigenvalue weighted by Gasteiger charge is 2.22. The second-order valence-corrected chi connectivity index (χ2v) is 3.33. The third kappa shape index (κ3) is 1.11. The number of rotatable bonds is 0. The average molecular weight is 198 g/mol. The summed E-state index contributed by atoms with van der Waals surface area (Å²) in [4.78, 5) is 3.96. The van der Waals surface area contributed by atoms with Crippen molar-refractivity contribution in [2.24, 2.45) is 4.99 Å². The molecule has 0 amide bonds. The van der Waals surface area contributed by atoms with Crippen LogP contribution in [0.4, 0.5) is 17.1 Å². The van der Waals surface area contributed by atoms with Crippen LogP contribution in [0.15, 0.2) is 11.1 Å². The lowest BCUT2D eigenvalue weighted by atomic mass is 10.1. The van der Waals surface area contributed by atoms with Crippen LogP contribution in [-0.4, -0.2) is 6.34 Å². The Balaban J connectivity index is 2.75. The molecule has 0 saturated heterocycles. The number of benzene rings is 1. The summed E-state index contributed by atoms with van der Waals surface area (Å²) < 4.78 is 0. The lowest BCUT2D eigenvalue weighted by Crippen LogP contribution is -2.99. The van der Waals surface area contributed by atoms with Crippen molar-refractivity contribution < 1.29 is 5.06 Å². The molecule has 0 fully saturated rings. The molecular formula is C8H8ClN3O. The van der Waals surface area contributed by atoms with E-state index in [4.69, 9.17) is 17.3 Å². The number of nitrogens with zero attached hydrogens (tertiary/aromatic N) is 1. The minimum absolute atomic E-state index is 0.150. The number of nitrogens with one attached hydrogen (secondary N) is 1. The van der Waals surface area contributed by atoms with E-state index in [-0.39, 0.29) is 5.06 Å². The Morgan fingerprint density at radius 1 is 1.62 bits per heavy atom. The molecule has 0 radical (unpaired) electrons. The van der Waals surface area contributed by atoms with Crippen LogP contribution in [0.25, 0.3) is 0 Å². The van der Waals surface area contributed by atoms with Gasteiger partial charge in [-0.15, -0.1) is 0 Å². The molecule has 1 aromatic rings. The fraction of sp³-hybridized carbons (Fsp3) is 0.125. The van der Waals surface area contributed by atoms with Crippen LogP contribution >= 0.6 is 11.6 Å². The molecule has 0 saturated carbocycles. The molecule has 1 unspecified atom stereocenters. The van der Waals surface area contributed by atoms with E-state index in [1.807, 2.05) is 6.92 Å². The average Bonchev–Trinajstić information content (AvgIpc) is 2.44. The van der Waals surface area contributed by atoms with E-state index in [2.05, 4.69) is 4.99 Å². The minimum atomic E-state index is -0.150. The summed E-state index contributed by atoms with van der Waals surface area (Å²) in [6.45, 7) is 1.82. The summed E-state index contributed by atoms with van der Waals surface area (Å²) in [5.74, 6) is 0. The van der Waals surface area contributed by atoms with E-state index in [1.54, 1.807) is 6.07 Å². The fourth-order valence-electron chi connectivity index (χ4n) is 1.34. The van der Waals surface area contributed by atoms with Crippen molar-refractivity contribution in [3.8, 4) is 0 Å². The summed E-state index contributed by atoms with van der Waals surface area (Å²) in [6.07, 6.45) is 1.27. The first-order valence-corrected chi connectivity index (χ1v) is 4.16. The number of quaternary nitrogens is 1. The van der Waals surface area contributed by atoms with Gasteiger partial charge in [0.05, 0.1) is 0 Å². The zero-order valence-corrected chi connectivity index (χ0v) is 7.72. The highest BCUT2D eigenvalue weighted by atomic mass is 35.5. The largest absolute Gasteiger partial charge is 0.623 e. The first-order chi connectivity index (χ1) is 6.11. The molecule has 1 atom stereocenters. The first kappa shape index (κ1) is 8.50. The predicted octanol–water partition coefficient (Wildman–Crippen LogP) is 0.918. The van der Waals surface area contributed by atoms with Crippen molar-refractivity contribution in [3.63, 3.8) is 0 Å². The topological polar surface area (TPSA) is 65.9 Å². The normalized spacial score (nSPS) is 19.2. The lowest BCUT2D eigenvalue weighted by molar-refractivity contribution is -0.655. The molecule has 68 valence electrons. The van der Waals surface area contributed by atoms with Crippen LogP contribution in [0.5, 0.6) is 0 Å². The van der Waals surface area contributed by atoms with E-state index in [9.17, 15) is 5.21 Å². The van der Waals surface area contributed by atoms with E-state index in [0.29, 0.717) is 22.1 Å². The fourth-order valence-corrected chi connectivity index (χ4v) is 1.64. The number of aliphatic imine (C=N–C) groups is 1. The third-order valence-corrected chi connectivity index (χ3v) is 2.40. The molecule has 13 heavy (non-hydrogen) atoms. The molecule has 0 aromatic heterocycles. The number of halogens is 1. The van der Waals surface area contributed by atoms with Gasteiger partial charge in [0.2, 0.25) is 0 Å². The molecule has 3 N–H and O–H groups in total. The summed E-state index contributed by atoms with van der Waals surface area (Å²) in [6, 6.07) is 1.59. The summed E-state index contributed by atoms with van der Waals surface area (Å²) in [5, 5.41) is 11.5. The molecule has 0 spiro atoms. The van der Waals surface area contributed by atoms with E-state index < -0.39 is 0 Å². The quantitative estimate of drug-likeness (QED) is 0.480. The molecule has 1 aliphatic rings. The molecule has 2 rings (SSSR count). The number of nitrogen functional groups attached to an aromatic ring is 1. The van der Waals surface area contributed by atoms with Gasteiger partial charge in [0.15, 0.2) is 12.0 Å². The second kappa shape index (κ2) is 2.70. The van der Waals surface area contributed by atoms with E-state index >= 15 is 0 Å². The highest BCUT2D eigenvalue weighted by molar-refractivity contribution is 6.33. The molecule has 1 aromatic carbocycles. The van der Waals surface area contributed by atoms with Crippen molar-refractivity contribution in [3.05, 3.63) is 21.9 Å². The molecule has 1 aliphatic heterocycles. The number of anilines is 1. The van der Waals surface area contributed by atoms with Crippen LogP contribution in [-0.2, 0) is 0 Å². The van der Waals surface area contributed by atoms with E-state index in [1.165, 1.54) is 6.34 Å². The number of fused-ring (bicyclic) bond motifs is 1. The van der Waals surface area contributed by atoms with Crippen LogP contribution in [0, 0.1) is 12.1 Å². The Morgan fingerprint density at radius 3 is 3.00 bits per heavy atom. The van der Waals surface area contributed by atoms with Gasteiger partial charge in [0.1, 0.15) is 10.7 Å². The van der Waals surface area contributed by atoms with Crippen molar-refractivity contribution in [1.29, 1.82) is 0 Å². The van der Waals surface area contributed by atoms with E-state index in [0.717, 1.165) is 5.56 Å². The van der Waals surface area contributed by atoms with Crippen LogP contribution < -0.4 is 10.8 Å². The Bertz CT molecular complexity index is 403. The molecule has 4 nitrogen and oxygen atoms in total. The zero-order chi connectivity index (χ0) is 9.59. The van der Waals surface area contributed by atoms with Gasteiger partial charge in [-0.1, -0.05) is 11.6 Å². The number of hydrogen-bond acceptors (Lipinski definition) is 3. The molecule has 1 heterocycles. The van der Waals surface area contributed by atoms with Gasteiger partial charge in [0.25, 0.3) is 0 Å². The Labute approximate surface area is 80.2 Å². The summed E-state index contributed by atoms with van der Waals surface area (Å²) >= 11 is 5.86. The smallest absolute Gasteiger partial charge is 0.194 e. The van der Waals surface area contributed by atoms with Gasteiger partial charge in [0, 0.05) is 11.3 Å². The van der Waals surface area contributed by atoms with Crippen molar-refractivity contribution in [2.45, 2.75) is 6.92 Å². The molecule has 0 aliphatic carbocycles. The van der Waals surface area contributed by atoms with Gasteiger partial charge >= 0.3 is 0 Å². The highest BCUT2D eigenvalue weighted by Crippen LogP contribution is 2.37. The lowest BCUT2D eigenvalue weighted by Gasteiger charge is -2.14. The monoisotopic (exact) mass is 197 g/mol. The summed E-state index contributed by atoms with van der Waals surface area (Å²) in [7, 11) is 0. The van der Waals surface area contributed by atoms with Crippen LogP contribution in [0.1, 0.15) is 5.56 Å². The molecule has 0 bridgehead atoms. The molecular weight excluding hydrogens is 190 g/mol. The second-order valence-electron chi connectivity index (χ2n) is 2.92. The van der Waals surface area contributed by atoms with Crippen molar-refractivity contribution >= 4 is 35.0 Å². The maximum Gasteiger partial charge on any atom is 0.194 e. The maximum absolute atomic E-state index is 11.3. The van der Waals surface area contributed by atoms with Gasteiger partial charge in [-0.3, -0.25) is 5.06 Å². The van der Waals surface area contributed by atoms with Gasteiger partial charge < -0.3 is 10.9 Å². The standard InChI is InChI=1S/C8H8ClN3O/c1-4-6(10)2-5(9)8-7(4)11-3-12(8)13/h2-3,12H,10H2,1H3. The Hall–Kier alpha value is -1.10. The van der Waals surface area contributed by atoms with Gasteiger partial charge in [-0.2, -0.15) is 4.99 Å². The number of hydrogen-bond donors (Lipinski definition) is 2. The number of hydroxylamine groups is 1. The van der Waals surface area contributed by atoms with Crippen LogP contribution in [0.3, 0.4) is 0 Å². The summed E-state index contributed by atoms with van der Waals surface area (Å²) in [5.41, 5.74) is 8.11. The zero-order valence-electron chi connectivity index (χ0n) is 6.97. The maximum atomic E-state index is 11.3. The van der Waals surface area contributed by atoms with Crippen molar-refractivity contribution in [2.75, 3.05) is 5.73 Å². The van der Waals surface area contributed by atoms with Gasteiger partial charge in [-0.25, -0.2) is 0 Å². The van der Waals surface area contributed by atoms with Crippen LogP contribution in [0.2, 0.25) is 5.02 Å². The Morgan fingerprint density at radius 2 is 2.31 bits per heavy atom. The number of nitrogens with two attached hydrogens (primary N) is 1. The minimum Gasteiger partial charge on any atom is -0.623 e.